The van der Waals surface area contributed by atoms with Crippen molar-refractivity contribution < 1.29 is 9.59 Å². The Labute approximate surface area is 171 Å². The molecule has 1 aliphatic carbocycles. The summed E-state index contributed by atoms with van der Waals surface area (Å²) in [5.74, 6) is -0.249. The number of aromatic nitrogens is 1. The van der Waals surface area contributed by atoms with E-state index in [-0.39, 0.29) is 11.8 Å². The molecule has 5 heteroatoms. The topological polar surface area (TPSA) is 62.3 Å². The molecule has 0 fully saturated rings. The summed E-state index contributed by atoms with van der Waals surface area (Å²) in [6.07, 6.45) is 11.9. The summed E-state index contributed by atoms with van der Waals surface area (Å²) in [7, 11) is 0. The highest BCUT2D eigenvalue weighted by atomic mass is 16.2. The van der Waals surface area contributed by atoms with Gasteiger partial charge in [0.1, 0.15) is 0 Å². The maximum atomic E-state index is 13.0. The van der Waals surface area contributed by atoms with Crippen molar-refractivity contribution in [3.05, 3.63) is 76.6 Å². The Morgan fingerprint density at radius 2 is 1.86 bits per heavy atom. The van der Waals surface area contributed by atoms with Gasteiger partial charge >= 0.3 is 0 Å². The van der Waals surface area contributed by atoms with Gasteiger partial charge < -0.3 is 10.2 Å². The first-order valence-corrected chi connectivity index (χ1v) is 10.5. The zero-order valence-corrected chi connectivity index (χ0v) is 16.7. The van der Waals surface area contributed by atoms with Crippen molar-refractivity contribution in [2.24, 2.45) is 0 Å². The fourth-order valence-electron chi connectivity index (χ4n) is 4.10. The number of fused-ring (bicyclic) bond motifs is 1. The Balaban J connectivity index is 1.37. The summed E-state index contributed by atoms with van der Waals surface area (Å²) in [6.45, 7) is 1.90. The predicted molar refractivity (Wildman–Crippen MR) is 113 cm³/mol. The summed E-state index contributed by atoms with van der Waals surface area (Å²) >= 11 is 0. The SMILES string of the molecule is O=C(NCCC1=CCCCC1)c1cncc(C(=O)N2CCc3ccccc3C2)c1. The monoisotopic (exact) mass is 389 g/mol. The minimum atomic E-state index is -0.174. The van der Waals surface area contributed by atoms with Gasteiger partial charge in [0.25, 0.3) is 11.8 Å². The molecule has 1 N–H and O–H groups in total. The molecule has 0 atom stereocenters. The van der Waals surface area contributed by atoms with Crippen molar-refractivity contribution in [2.75, 3.05) is 13.1 Å². The average Bonchev–Trinajstić information content (AvgIpc) is 2.79. The Kier molecular flexibility index (Phi) is 6.03. The maximum absolute atomic E-state index is 13.0. The Morgan fingerprint density at radius 1 is 1.03 bits per heavy atom. The molecule has 4 rings (SSSR count). The van der Waals surface area contributed by atoms with E-state index in [0.29, 0.717) is 30.8 Å². The molecule has 0 bridgehead atoms. The third kappa shape index (κ3) is 4.73. The highest BCUT2D eigenvalue weighted by Crippen LogP contribution is 2.21. The molecule has 0 spiro atoms. The van der Waals surface area contributed by atoms with Crippen LogP contribution in [0.2, 0.25) is 0 Å². The van der Waals surface area contributed by atoms with E-state index < -0.39 is 0 Å². The smallest absolute Gasteiger partial charge is 0.255 e. The van der Waals surface area contributed by atoms with Gasteiger partial charge in [0, 0.05) is 32.0 Å². The Morgan fingerprint density at radius 3 is 2.69 bits per heavy atom. The van der Waals surface area contributed by atoms with Crippen LogP contribution in [0.5, 0.6) is 0 Å². The van der Waals surface area contributed by atoms with Gasteiger partial charge in [-0.15, -0.1) is 0 Å². The van der Waals surface area contributed by atoms with Gasteiger partial charge in [0.15, 0.2) is 0 Å². The highest BCUT2D eigenvalue weighted by molar-refractivity contribution is 5.99. The number of rotatable bonds is 5. The fraction of sp³-hybridized carbons (Fsp3) is 0.375. The van der Waals surface area contributed by atoms with Crippen LogP contribution in [0.3, 0.4) is 0 Å². The van der Waals surface area contributed by atoms with Crippen LogP contribution < -0.4 is 5.32 Å². The second-order valence-corrected chi connectivity index (χ2v) is 7.82. The summed E-state index contributed by atoms with van der Waals surface area (Å²) in [4.78, 5) is 31.4. The molecule has 0 saturated heterocycles. The molecule has 150 valence electrons. The van der Waals surface area contributed by atoms with Crippen LogP contribution >= 0.6 is 0 Å². The molecule has 0 radical (unpaired) electrons. The van der Waals surface area contributed by atoms with E-state index in [9.17, 15) is 9.59 Å². The standard InChI is InChI=1S/C24H27N3O2/c28-23(26-12-10-18-6-2-1-3-7-18)21-14-22(16-25-15-21)24(29)27-13-11-19-8-4-5-9-20(19)17-27/h4-6,8-9,14-16H,1-3,7,10-13,17H2,(H,26,28). The molecule has 0 unspecified atom stereocenters. The Bertz CT molecular complexity index is 935. The van der Waals surface area contributed by atoms with Gasteiger partial charge in [-0.25, -0.2) is 0 Å². The van der Waals surface area contributed by atoms with Crippen molar-refractivity contribution in [1.82, 2.24) is 15.2 Å². The molecule has 5 nitrogen and oxygen atoms in total. The number of nitrogens with zero attached hydrogens (tertiary/aromatic N) is 2. The van der Waals surface area contributed by atoms with E-state index in [2.05, 4.69) is 28.5 Å². The third-order valence-corrected chi connectivity index (χ3v) is 5.78. The second-order valence-electron chi connectivity index (χ2n) is 7.82. The Hall–Kier alpha value is -2.95. The summed E-state index contributed by atoms with van der Waals surface area (Å²) < 4.78 is 0. The van der Waals surface area contributed by atoms with Crippen LogP contribution in [0, 0.1) is 0 Å². The molecule has 2 aliphatic rings. The normalized spacial score (nSPS) is 16.0. The van der Waals surface area contributed by atoms with E-state index in [1.807, 2.05) is 17.0 Å². The van der Waals surface area contributed by atoms with Gasteiger partial charge in [0.05, 0.1) is 11.1 Å². The van der Waals surface area contributed by atoms with E-state index in [1.54, 1.807) is 12.3 Å². The molecule has 2 aromatic rings. The molecule has 0 saturated carbocycles. The minimum Gasteiger partial charge on any atom is -0.352 e. The lowest BCUT2D eigenvalue weighted by Crippen LogP contribution is -2.36. The van der Waals surface area contributed by atoms with Crippen LogP contribution in [0.15, 0.2) is 54.4 Å². The zero-order valence-electron chi connectivity index (χ0n) is 16.7. The van der Waals surface area contributed by atoms with Crippen LogP contribution in [-0.2, 0) is 13.0 Å². The van der Waals surface area contributed by atoms with E-state index in [4.69, 9.17) is 0 Å². The number of amides is 2. The number of nitrogens with one attached hydrogen (secondary N) is 1. The second kappa shape index (κ2) is 9.03. The van der Waals surface area contributed by atoms with Crippen LogP contribution in [0.1, 0.15) is 63.9 Å². The summed E-state index contributed by atoms with van der Waals surface area (Å²) in [6, 6.07) is 9.88. The van der Waals surface area contributed by atoms with Crippen LogP contribution in [-0.4, -0.2) is 34.8 Å². The van der Waals surface area contributed by atoms with Crippen molar-refractivity contribution >= 4 is 11.8 Å². The minimum absolute atomic E-state index is 0.0750. The van der Waals surface area contributed by atoms with Gasteiger partial charge in [-0.05, 0) is 55.7 Å². The molecule has 1 aromatic carbocycles. The van der Waals surface area contributed by atoms with Gasteiger partial charge in [-0.2, -0.15) is 0 Å². The largest absolute Gasteiger partial charge is 0.352 e. The first-order chi connectivity index (χ1) is 14.2. The molecular weight excluding hydrogens is 362 g/mol. The quantitative estimate of drug-likeness (QED) is 0.789. The number of hydrogen-bond donors (Lipinski definition) is 1. The van der Waals surface area contributed by atoms with E-state index >= 15 is 0 Å². The van der Waals surface area contributed by atoms with Crippen LogP contribution in [0.25, 0.3) is 0 Å². The summed E-state index contributed by atoms with van der Waals surface area (Å²) in [5, 5.41) is 2.96. The van der Waals surface area contributed by atoms with Gasteiger partial charge in [-0.3, -0.25) is 14.6 Å². The van der Waals surface area contributed by atoms with Crippen molar-refractivity contribution in [1.29, 1.82) is 0 Å². The molecule has 1 aliphatic heterocycles. The average molecular weight is 389 g/mol. The van der Waals surface area contributed by atoms with Gasteiger partial charge in [0.2, 0.25) is 0 Å². The van der Waals surface area contributed by atoms with Crippen molar-refractivity contribution in [3.8, 4) is 0 Å². The van der Waals surface area contributed by atoms with Crippen molar-refractivity contribution in [2.45, 2.75) is 45.1 Å². The van der Waals surface area contributed by atoms with E-state index in [1.165, 1.54) is 35.7 Å². The molecular formula is C24H27N3O2. The number of allylic oxidation sites excluding steroid dienone is 1. The fourth-order valence-corrected chi connectivity index (χ4v) is 4.10. The first-order valence-electron chi connectivity index (χ1n) is 10.5. The maximum Gasteiger partial charge on any atom is 0.255 e. The third-order valence-electron chi connectivity index (χ3n) is 5.78. The highest BCUT2D eigenvalue weighted by Gasteiger charge is 2.22. The number of carbonyl (C=O) groups is 2. The van der Waals surface area contributed by atoms with Crippen LogP contribution in [0.4, 0.5) is 0 Å². The lowest BCUT2D eigenvalue weighted by molar-refractivity contribution is 0.0734. The lowest BCUT2D eigenvalue weighted by atomic mass is 9.97. The number of carbonyl (C=O) groups excluding carboxylic acids is 2. The number of hydrogen-bond acceptors (Lipinski definition) is 3. The van der Waals surface area contributed by atoms with E-state index in [0.717, 1.165) is 25.7 Å². The molecule has 2 heterocycles. The predicted octanol–water partition coefficient (Wildman–Crippen LogP) is 3.90. The number of pyridine rings is 1. The lowest BCUT2D eigenvalue weighted by Gasteiger charge is -2.28. The zero-order chi connectivity index (χ0) is 20.1. The number of benzene rings is 1. The summed E-state index contributed by atoms with van der Waals surface area (Å²) in [5.41, 5.74) is 4.82. The van der Waals surface area contributed by atoms with Crippen molar-refractivity contribution in [3.63, 3.8) is 0 Å². The molecule has 1 aromatic heterocycles. The first kappa shape index (κ1) is 19.4. The molecule has 2 amide bonds. The molecule has 29 heavy (non-hydrogen) atoms. The van der Waals surface area contributed by atoms with Gasteiger partial charge in [-0.1, -0.05) is 35.9 Å².